The molecule has 0 aliphatic rings. The quantitative estimate of drug-likeness (QED) is 0.613. The molecule has 0 aliphatic carbocycles. The van der Waals surface area contributed by atoms with Gasteiger partial charge in [0.2, 0.25) is 0 Å². The van der Waals surface area contributed by atoms with E-state index in [1.54, 1.807) is 18.2 Å². The van der Waals surface area contributed by atoms with Gasteiger partial charge in [0.05, 0.1) is 7.11 Å². The number of rotatable bonds is 6. The zero-order chi connectivity index (χ0) is 14.4. The molecule has 6 heteroatoms. The molecule has 0 saturated carbocycles. The highest BCUT2D eigenvalue weighted by molar-refractivity contribution is 9.08. The summed E-state index contributed by atoms with van der Waals surface area (Å²) in [5.41, 5.74) is 1.83. The third kappa shape index (κ3) is 4.33. The highest BCUT2D eigenvalue weighted by Gasteiger charge is 2.19. The highest BCUT2D eigenvalue weighted by Crippen LogP contribution is 2.23. The van der Waals surface area contributed by atoms with E-state index < -0.39 is 12.1 Å². The lowest BCUT2D eigenvalue weighted by molar-refractivity contribution is -0.147. The number of hydrogen-bond acceptors (Lipinski definition) is 4. The fourth-order valence-electron chi connectivity index (χ4n) is 1.66. The number of esters is 1. The van der Waals surface area contributed by atoms with Crippen LogP contribution in [0.15, 0.2) is 18.2 Å². The Morgan fingerprint density at radius 2 is 2.11 bits per heavy atom. The number of halogens is 1. The van der Waals surface area contributed by atoms with Crippen molar-refractivity contribution in [2.45, 2.75) is 24.3 Å². The Kier molecular flexibility index (Phi) is 5.98. The van der Waals surface area contributed by atoms with Crippen LogP contribution >= 0.6 is 15.9 Å². The van der Waals surface area contributed by atoms with Crippen LogP contribution in [-0.2, 0) is 26.1 Å². The summed E-state index contributed by atoms with van der Waals surface area (Å²) in [5.74, 6) is -1.63. The number of carbonyl (C=O) groups excluding carboxylic acids is 1. The first-order chi connectivity index (χ1) is 8.99. The molecular weight excluding hydrogens is 316 g/mol. The third-order valence-corrected chi connectivity index (χ3v) is 3.33. The lowest BCUT2D eigenvalue weighted by atomic mass is 9.98. The molecule has 0 aromatic heterocycles. The first-order valence-electron chi connectivity index (χ1n) is 5.65. The maximum Gasteiger partial charge on any atom is 0.337 e. The van der Waals surface area contributed by atoms with Crippen molar-refractivity contribution in [3.8, 4) is 0 Å². The Morgan fingerprint density at radius 3 is 2.63 bits per heavy atom. The first kappa shape index (κ1) is 15.7. The van der Waals surface area contributed by atoms with Crippen LogP contribution in [0.25, 0.3) is 0 Å². The number of aliphatic carboxylic acids is 1. The number of carboxylic acids is 1. The predicted molar refractivity (Wildman–Crippen MR) is 72.0 cm³/mol. The molecule has 1 unspecified atom stereocenters. The second kappa shape index (κ2) is 7.25. The molecule has 0 aliphatic heterocycles. The number of methoxy groups -OCH3 is 1. The van der Waals surface area contributed by atoms with Crippen LogP contribution in [0.3, 0.4) is 0 Å². The molecule has 104 valence electrons. The summed E-state index contributed by atoms with van der Waals surface area (Å²) in [5, 5.41) is 19.0. The number of aliphatic hydroxyl groups is 1. The van der Waals surface area contributed by atoms with E-state index in [1.807, 2.05) is 0 Å². The van der Waals surface area contributed by atoms with Crippen molar-refractivity contribution in [3.05, 3.63) is 34.9 Å². The Labute approximate surface area is 119 Å². The van der Waals surface area contributed by atoms with E-state index in [0.29, 0.717) is 22.9 Å². The molecule has 2 N–H and O–H groups in total. The van der Waals surface area contributed by atoms with Crippen molar-refractivity contribution in [3.63, 3.8) is 0 Å². The number of alkyl halides is 1. The van der Waals surface area contributed by atoms with E-state index in [9.17, 15) is 14.7 Å². The van der Waals surface area contributed by atoms with Gasteiger partial charge >= 0.3 is 11.9 Å². The summed E-state index contributed by atoms with van der Waals surface area (Å²) in [6.45, 7) is 0. The van der Waals surface area contributed by atoms with Crippen molar-refractivity contribution in [2.24, 2.45) is 0 Å². The average molecular weight is 331 g/mol. The minimum atomic E-state index is -1.56. The SMILES string of the molecule is COC(=O)CCc1ccc(CBr)c(C(O)C(=O)O)c1. The molecule has 1 aromatic rings. The molecule has 0 spiro atoms. The molecule has 0 bridgehead atoms. The summed E-state index contributed by atoms with van der Waals surface area (Å²) in [7, 11) is 1.32. The molecular formula is C13H15BrO5. The molecule has 0 heterocycles. The van der Waals surface area contributed by atoms with E-state index in [2.05, 4.69) is 20.7 Å². The van der Waals surface area contributed by atoms with E-state index in [0.717, 1.165) is 5.56 Å². The number of aryl methyl sites for hydroxylation is 1. The topological polar surface area (TPSA) is 83.8 Å². The lowest BCUT2D eigenvalue weighted by Crippen LogP contribution is -2.13. The minimum Gasteiger partial charge on any atom is -0.479 e. The van der Waals surface area contributed by atoms with Crippen LogP contribution in [-0.4, -0.2) is 29.3 Å². The van der Waals surface area contributed by atoms with Gasteiger partial charge in [-0.15, -0.1) is 0 Å². The van der Waals surface area contributed by atoms with Gasteiger partial charge in [0.25, 0.3) is 0 Å². The van der Waals surface area contributed by atoms with Gasteiger partial charge in [0.15, 0.2) is 6.10 Å². The second-order valence-electron chi connectivity index (χ2n) is 3.98. The van der Waals surface area contributed by atoms with Crippen LogP contribution in [0.1, 0.15) is 29.2 Å². The number of ether oxygens (including phenoxy) is 1. The van der Waals surface area contributed by atoms with E-state index in [1.165, 1.54) is 7.11 Å². The maximum atomic E-state index is 11.1. The van der Waals surface area contributed by atoms with Crippen LogP contribution in [0.5, 0.6) is 0 Å². The number of carboxylic acid groups (broad SMARTS) is 1. The summed E-state index contributed by atoms with van der Waals surface area (Å²) in [6, 6.07) is 5.15. The third-order valence-electron chi connectivity index (χ3n) is 2.73. The molecule has 1 atom stereocenters. The summed E-state index contributed by atoms with van der Waals surface area (Å²) in [6.07, 6.45) is -0.910. The van der Waals surface area contributed by atoms with Crippen LogP contribution in [0.2, 0.25) is 0 Å². The van der Waals surface area contributed by atoms with Crippen molar-refractivity contribution in [1.29, 1.82) is 0 Å². The Morgan fingerprint density at radius 1 is 1.42 bits per heavy atom. The fraction of sp³-hybridized carbons (Fsp3) is 0.385. The largest absolute Gasteiger partial charge is 0.479 e. The van der Waals surface area contributed by atoms with Gasteiger partial charge < -0.3 is 14.9 Å². The molecule has 0 fully saturated rings. The standard InChI is InChI=1S/C13H15BrO5/c1-19-11(15)5-3-8-2-4-9(7-14)10(6-8)12(16)13(17)18/h2,4,6,12,16H,3,5,7H2,1H3,(H,17,18). The van der Waals surface area contributed by atoms with E-state index in [-0.39, 0.29) is 12.4 Å². The molecule has 0 amide bonds. The molecule has 5 nitrogen and oxygen atoms in total. The maximum absolute atomic E-state index is 11.1. The second-order valence-corrected chi connectivity index (χ2v) is 4.54. The van der Waals surface area contributed by atoms with Crippen LogP contribution in [0, 0.1) is 0 Å². The van der Waals surface area contributed by atoms with Gasteiger partial charge in [-0.3, -0.25) is 4.79 Å². The van der Waals surface area contributed by atoms with Gasteiger partial charge in [-0.1, -0.05) is 34.1 Å². The zero-order valence-corrected chi connectivity index (χ0v) is 12.0. The van der Waals surface area contributed by atoms with E-state index >= 15 is 0 Å². The van der Waals surface area contributed by atoms with Crippen LogP contribution in [0.4, 0.5) is 0 Å². The Balaban J connectivity index is 2.95. The van der Waals surface area contributed by atoms with Gasteiger partial charge in [-0.2, -0.15) is 0 Å². The summed E-state index contributed by atoms with van der Waals surface area (Å²) < 4.78 is 4.54. The normalized spacial score (nSPS) is 11.9. The Bertz CT molecular complexity index is 472. The molecule has 0 saturated heterocycles. The van der Waals surface area contributed by atoms with Gasteiger partial charge in [0, 0.05) is 11.8 Å². The first-order valence-corrected chi connectivity index (χ1v) is 6.77. The number of benzene rings is 1. The van der Waals surface area contributed by atoms with Gasteiger partial charge in [0.1, 0.15) is 0 Å². The summed E-state index contributed by atoms with van der Waals surface area (Å²) >= 11 is 3.25. The number of hydrogen-bond donors (Lipinski definition) is 2. The number of aliphatic hydroxyl groups excluding tert-OH is 1. The molecule has 1 aromatic carbocycles. The predicted octanol–water partition coefficient (Wildman–Crippen LogP) is 1.81. The number of carbonyl (C=O) groups is 2. The van der Waals surface area contributed by atoms with Gasteiger partial charge in [-0.05, 0) is 23.1 Å². The Hall–Kier alpha value is -1.40. The van der Waals surface area contributed by atoms with Crippen molar-refractivity contribution >= 4 is 27.9 Å². The zero-order valence-electron chi connectivity index (χ0n) is 10.4. The molecule has 19 heavy (non-hydrogen) atoms. The van der Waals surface area contributed by atoms with Crippen molar-refractivity contribution < 1.29 is 24.5 Å². The average Bonchev–Trinajstić information content (AvgIpc) is 2.43. The smallest absolute Gasteiger partial charge is 0.337 e. The van der Waals surface area contributed by atoms with E-state index in [4.69, 9.17) is 5.11 Å². The fourth-order valence-corrected chi connectivity index (χ4v) is 2.17. The minimum absolute atomic E-state index is 0.215. The monoisotopic (exact) mass is 330 g/mol. The van der Waals surface area contributed by atoms with Crippen LogP contribution < -0.4 is 0 Å². The molecule has 0 radical (unpaired) electrons. The lowest BCUT2D eigenvalue weighted by Gasteiger charge is -2.12. The highest BCUT2D eigenvalue weighted by atomic mass is 79.9. The molecule has 1 rings (SSSR count). The summed E-state index contributed by atoms with van der Waals surface area (Å²) in [4.78, 5) is 21.9. The van der Waals surface area contributed by atoms with Crippen molar-refractivity contribution in [1.82, 2.24) is 0 Å². The van der Waals surface area contributed by atoms with Crippen molar-refractivity contribution in [2.75, 3.05) is 7.11 Å². The van der Waals surface area contributed by atoms with Gasteiger partial charge in [-0.25, -0.2) is 4.79 Å².